The highest BCUT2D eigenvalue weighted by atomic mass is 19.4. The van der Waals surface area contributed by atoms with E-state index in [-0.39, 0.29) is 18.3 Å². The average Bonchev–Trinajstić information content (AvgIpc) is 2.65. The molecule has 0 aliphatic carbocycles. The summed E-state index contributed by atoms with van der Waals surface area (Å²) in [6, 6.07) is 1.79. The third kappa shape index (κ3) is 8.89. The van der Waals surface area contributed by atoms with E-state index in [1.54, 1.807) is 18.5 Å². The van der Waals surface area contributed by atoms with Crippen LogP contribution in [0.25, 0.3) is 0 Å². The van der Waals surface area contributed by atoms with Crippen molar-refractivity contribution < 1.29 is 42.1 Å². The van der Waals surface area contributed by atoms with Crippen molar-refractivity contribution in [2.45, 2.75) is 56.8 Å². The molecule has 1 aromatic heterocycles. The van der Waals surface area contributed by atoms with Crippen LogP contribution in [0.15, 0.2) is 18.5 Å². The predicted octanol–water partition coefficient (Wildman–Crippen LogP) is 2.05. The fraction of sp³-hybridized carbons (Fsp3) is 0.579. The third-order valence-electron chi connectivity index (χ3n) is 4.38. The molecule has 1 aromatic rings. The SMILES string of the molecule is COC(=O)CCc1cncc(NC(=O)C2(N)CCOC(C)(C)C2)c1.O=C(O)C(F)(F)F. The summed E-state index contributed by atoms with van der Waals surface area (Å²) in [5.41, 5.74) is 6.32. The van der Waals surface area contributed by atoms with Crippen LogP contribution in [0.1, 0.15) is 38.7 Å². The number of aliphatic carboxylic acids is 1. The molecule has 0 spiro atoms. The number of pyridine rings is 1. The fourth-order valence-corrected chi connectivity index (χ4v) is 2.90. The van der Waals surface area contributed by atoms with Crippen molar-refractivity contribution in [2.75, 3.05) is 19.0 Å². The zero-order valence-electron chi connectivity index (χ0n) is 17.4. The number of carbonyl (C=O) groups is 3. The minimum absolute atomic E-state index is 0.245. The number of ether oxygens (including phenoxy) is 2. The van der Waals surface area contributed by atoms with Gasteiger partial charge in [-0.25, -0.2) is 4.79 Å². The highest BCUT2D eigenvalue weighted by Gasteiger charge is 2.43. The summed E-state index contributed by atoms with van der Waals surface area (Å²) >= 11 is 0. The summed E-state index contributed by atoms with van der Waals surface area (Å²) in [6.45, 7) is 4.31. The Bertz CT molecular complexity index is 800. The number of anilines is 1. The molecule has 9 nitrogen and oxygen atoms in total. The van der Waals surface area contributed by atoms with Crippen molar-refractivity contribution in [1.82, 2.24) is 4.98 Å². The summed E-state index contributed by atoms with van der Waals surface area (Å²) in [6.07, 6.45) is -0.180. The molecule has 1 aliphatic rings. The predicted molar refractivity (Wildman–Crippen MR) is 103 cm³/mol. The minimum atomic E-state index is -5.08. The van der Waals surface area contributed by atoms with E-state index in [0.29, 0.717) is 31.6 Å². The second-order valence-corrected chi connectivity index (χ2v) is 7.61. The first-order chi connectivity index (χ1) is 14.2. The Balaban J connectivity index is 0.000000592. The first kappa shape index (κ1) is 26.3. The Morgan fingerprint density at radius 1 is 1.32 bits per heavy atom. The number of hydrogen-bond donors (Lipinski definition) is 3. The molecule has 1 saturated heterocycles. The van der Waals surface area contributed by atoms with Gasteiger partial charge >= 0.3 is 18.1 Å². The number of rotatable bonds is 5. The van der Waals surface area contributed by atoms with Crippen LogP contribution in [-0.2, 0) is 30.3 Å². The molecule has 174 valence electrons. The zero-order valence-corrected chi connectivity index (χ0v) is 17.4. The fourth-order valence-electron chi connectivity index (χ4n) is 2.90. The molecule has 1 amide bonds. The van der Waals surface area contributed by atoms with E-state index < -0.39 is 23.3 Å². The van der Waals surface area contributed by atoms with E-state index in [0.717, 1.165) is 5.56 Å². The smallest absolute Gasteiger partial charge is 0.475 e. The Labute approximate surface area is 177 Å². The standard InChI is InChI=1S/C17H25N3O4.C2HF3O2/c1-16(2)11-17(18,6-7-24-16)15(22)20-13-8-12(9-19-10-13)4-5-14(21)23-3;3-2(4,5)1(6)7/h8-10H,4-7,11,18H2,1-3H3,(H,20,22);(H,6,7). The van der Waals surface area contributed by atoms with E-state index >= 15 is 0 Å². The Morgan fingerprint density at radius 3 is 2.45 bits per heavy atom. The van der Waals surface area contributed by atoms with Crippen LogP contribution >= 0.6 is 0 Å². The van der Waals surface area contributed by atoms with E-state index in [9.17, 15) is 22.8 Å². The van der Waals surface area contributed by atoms with Crippen LogP contribution in [0, 0.1) is 0 Å². The number of halogens is 3. The third-order valence-corrected chi connectivity index (χ3v) is 4.38. The topological polar surface area (TPSA) is 141 Å². The molecule has 1 atom stereocenters. The van der Waals surface area contributed by atoms with Crippen molar-refractivity contribution in [2.24, 2.45) is 5.73 Å². The number of nitrogens with one attached hydrogen (secondary N) is 1. The largest absolute Gasteiger partial charge is 0.490 e. The summed E-state index contributed by atoms with van der Waals surface area (Å²) in [4.78, 5) is 36.8. The van der Waals surface area contributed by atoms with Crippen LogP contribution in [0.3, 0.4) is 0 Å². The number of aromatic nitrogens is 1. The highest BCUT2D eigenvalue weighted by Crippen LogP contribution is 2.31. The lowest BCUT2D eigenvalue weighted by molar-refractivity contribution is -0.192. The molecule has 1 fully saturated rings. The van der Waals surface area contributed by atoms with Gasteiger partial charge in [-0.05, 0) is 38.3 Å². The summed E-state index contributed by atoms with van der Waals surface area (Å²) in [5.74, 6) is -3.28. The maximum atomic E-state index is 12.6. The maximum Gasteiger partial charge on any atom is 0.490 e. The number of esters is 1. The number of aryl methyl sites for hydroxylation is 1. The van der Waals surface area contributed by atoms with Gasteiger partial charge in [0.2, 0.25) is 5.91 Å². The zero-order chi connectivity index (χ0) is 23.9. The molecule has 12 heteroatoms. The number of carboxylic acid groups (broad SMARTS) is 1. The summed E-state index contributed by atoms with van der Waals surface area (Å²) in [7, 11) is 1.35. The lowest BCUT2D eigenvalue weighted by atomic mass is 9.81. The Kier molecular flexibility index (Phi) is 8.94. The monoisotopic (exact) mass is 449 g/mol. The molecule has 0 radical (unpaired) electrons. The molecule has 0 saturated carbocycles. The molecule has 2 rings (SSSR count). The van der Waals surface area contributed by atoms with Gasteiger partial charge in [-0.15, -0.1) is 0 Å². The van der Waals surface area contributed by atoms with E-state index in [1.807, 2.05) is 13.8 Å². The number of amides is 1. The molecular formula is C19H26F3N3O6. The van der Waals surface area contributed by atoms with E-state index in [1.165, 1.54) is 7.11 Å². The number of carbonyl (C=O) groups excluding carboxylic acids is 2. The molecule has 2 heterocycles. The second kappa shape index (κ2) is 10.5. The normalized spacial score (nSPS) is 20.1. The number of methoxy groups -OCH3 is 1. The van der Waals surface area contributed by atoms with Gasteiger partial charge in [0, 0.05) is 25.6 Å². The molecule has 1 unspecified atom stereocenters. The highest BCUT2D eigenvalue weighted by molar-refractivity contribution is 5.98. The van der Waals surface area contributed by atoms with Crippen LogP contribution < -0.4 is 11.1 Å². The molecule has 31 heavy (non-hydrogen) atoms. The number of hydrogen-bond acceptors (Lipinski definition) is 7. The van der Waals surface area contributed by atoms with Crippen LogP contribution in [0.2, 0.25) is 0 Å². The van der Waals surface area contributed by atoms with Crippen LogP contribution in [-0.4, -0.2) is 59.0 Å². The number of carboxylic acids is 1. The van der Waals surface area contributed by atoms with Gasteiger partial charge in [0.05, 0.1) is 24.6 Å². The van der Waals surface area contributed by atoms with Gasteiger partial charge in [-0.2, -0.15) is 13.2 Å². The van der Waals surface area contributed by atoms with Crippen LogP contribution in [0.4, 0.5) is 18.9 Å². The quantitative estimate of drug-likeness (QED) is 0.580. The Morgan fingerprint density at radius 2 is 1.94 bits per heavy atom. The van der Waals surface area contributed by atoms with E-state index in [4.69, 9.17) is 20.4 Å². The molecule has 1 aliphatic heterocycles. The lowest BCUT2D eigenvalue weighted by Gasteiger charge is -2.41. The van der Waals surface area contributed by atoms with Crippen molar-refractivity contribution in [3.63, 3.8) is 0 Å². The lowest BCUT2D eigenvalue weighted by Crippen LogP contribution is -2.59. The van der Waals surface area contributed by atoms with Gasteiger partial charge in [-0.3, -0.25) is 14.6 Å². The summed E-state index contributed by atoms with van der Waals surface area (Å²) in [5, 5.41) is 9.96. The maximum absolute atomic E-state index is 12.6. The molecule has 0 aromatic carbocycles. The number of nitrogens with zero attached hydrogens (tertiary/aromatic N) is 1. The van der Waals surface area contributed by atoms with Crippen LogP contribution in [0.5, 0.6) is 0 Å². The first-order valence-electron chi connectivity index (χ1n) is 9.24. The van der Waals surface area contributed by atoms with Crippen molar-refractivity contribution in [3.05, 3.63) is 24.0 Å². The van der Waals surface area contributed by atoms with Gasteiger partial charge in [0.15, 0.2) is 0 Å². The van der Waals surface area contributed by atoms with Gasteiger partial charge in [-0.1, -0.05) is 0 Å². The van der Waals surface area contributed by atoms with Gasteiger partial charge in [0.1, 0.15) is 5.54 Å². The Hall–Kier alpha value is -2.73. The van der Waals surface area contributed by atoms with Crippen molar-refractivity contribution in [1.29, 1.82) is 0 Å². The van der Waals surface area contributed by atoms with Crippen molar-refractivity contribution in [3.8, 4) is 0 Å². The molecular weight excluding hydrogens is 423 g/mol. The van der Waals surface area contributed by atoms with E-state index in [2.05, 4.69) is 15.0 Å². The number of alkyl halides is 3. The van der Waals surface area contributed by atoms with Gasteiger partial charge in [0.25, 0.3) is 0 Å². The average molecular weight is 449 g/mol. The minimum Gasteiger partial charge on any atom is -0.475 e. The molecule has 0 bridgehead atoms. The second-order valence-electron chi connectivity index (χ2n) is 7.61. The first-order valence-corrected chi connectivity index (χ1v) is 9.24. The number of nitrogens with two attached hydrogens (primary N) is 1. The van der Waals surface area contributed by atoms with Gasteiger partial charge < -0.3 is 25.6 Å². The van der Waals surface area contributed by atoms with Crippen molar-refractivity contribution >= 4 is 23.5 Å². The molecule has 4 N–H and O–H groups in total. The summed E-state index contributed by atoms with van der Waals surface area (Å²) < 4.78 is 42.0.